The van der Waals surface area contributed by atoms with Gasteiger partial charge in [0.05, 0.1) is 0 Å². The fourth-order valence-electron chi connectivity index (χ4n) is 3.38. The maximum Gasteiger partial charge on any atom is 0.191 e. The molecule has 0 atom stereocenters. The molecule has 116 valence electrons. The van der Waals surface area contributed by atoms with Gasteiger partial charge in [0.2, 0.25) is 0 Å². The second-order valence-electron chi connectivity index (χ2n) is 6.51. The predicted molar refractivity (Wildman–Crippen MR) is 86.2 cm³/mol. The average molecular weight is 280 g/mol. The smallest absolute Gasteiger partial charge is 0.191 e. The van der Waals surface area contributed by atoms with E-state index in [0.717, 1.165) is 18.4 Å². The summed E-state index contributed by atoms with van der Waals surface area (Å²) in [5.74, 6) is 1.90. The van der Waals surface area contributed by atoms with Crippen molar-refractivity contribution in [1.29, 1.82) is 0 Å². The Hall–Kier alpha value is -0.770. The molecule has 1 heterocycles. The van der Waals surface area contributed by atoms with Crippen LogP contribution in [0.5, 0.6) is 0 Å². The van der Waals surface area contributed by atoms with E-state index in [9.17, 15) is 0 Å². The van der Waals surface area contributed by atoms with E-state index in [1.165, 1.54) is 64.5 Å². The van der Waals surface area contributed by atoms with E-state index in [0.29, 0.717) is 6.04 Å². The first-order chi connectivity index (χ1) is 9.78. The van der Waals surface area contributed by atoms with Crippen LogP contribution in [0.3, 0.4) is 0 Å². The molecular weight excluding hydrogens is 248 g/mol. The van der Waals surface area contributed by atoms with Gasteiger partial charge in [0.1, 0.15) is 0 Å². The molecule has 2 fully saturated rings. The molecule has 0 amide bonds. The third-order valence-electron chi connectivity index (χ3n) is 4.85. The molecule has 1 saturated heterocycles. The van der Waals surface area contributed by atoms with Crippen LogP contribution in [0.2, 0.25) is 0 Å². The summed E-state index contributed by atoms with van der Waals surface area (Å²) in [6.07, 6.45) is 10.7. The third kappa shape index (κ3) is 5.31. The van der Waals surface area contributed by atoms with Gasteiger partial charge in [0.25, 0.3) is 0 Å². The molecular formula is C16H32N4. The zero-order valence-electron chi connectivity index (χ0n) is 13.3. The van der Waals surface area contributed by atoms with Crippen LogP contribution in [0, 0.1) is 5.92 Å². The van der Waals surface area contributed by atoms with Crippen molar-refractivity contribution in [3.8, 4) is 0 Å². The van der Waals surface area contributed by atoms with Crippen LogP contribution in [-0.2, 0) is 0 Å². The Bertz CT molecular complexity index is 289. The van der Waals surface area contributed by atoms with Crippen molar-refractivity contribution < 1.29 is 0 Å². The predicted octanol–water partition coefficient (Wildman–Crippen LogP) is 2.22. The Kier molecular flexibility index (Phi) is 6.64. The van der Waals surface area contributed by atoms with Crippen molar-refractivity contribution >= 4 is 5.96 Å². The van der Waals surface area contributed by atoms with Crippen LogP contribution in [0.4, 0.5) is 0 Å². The molecule has 0 spiro atoms. The highest BCUT2D eigenvalue weighted by Gasteiger charge is 2.17. The van der Waals surface area contributed by atoms with E-state index in [1.807, 2.05) is 7.05 Å². The first-order valence-electron chi connectivity index (χ1n) is 8.43. The van der Waals surface area contributed by atoms with Gasteiger partial charge in [0, 0.05) is 19.6 Å². The van der Waals surface area contributed by atoms with E-state index in [2.05, 4.69) is 27.6 Å². The number of likely N-dealkylation sites (tertiary alicyclic amines) is 1. The van der Waals surface area contributed by atoms with E-state index < -0.39 is 0 Å². The summed E-state index contributed by atoms with van der Waals surface area (Å²) in [6.45, 7) is 3.58. The quantitative estimate of drug-likeness (QED) is 0.613. The van der Waals surface area contributed by atoms with Gasteiger partial charge >= 0.3 is 0 Å². The largest absolute Gasteiger partial charge is 0.356 e. The highest BCUT2D eigenvalue weighted by Crippen LogP contribution is 2.19. The number of hydrogen-bond acceptors (Lipinski definition) is 2. The lowest BCUT2D eigenvalue weighted by atomic mass is 9.94. The maximum absolute atomic E-state index is 4.36. The van der Waals surface area contributed by atoms with Crippen molar-refractivity contribution in [2.75, 3.05) is 33.7 Å². The summed E-state index contributed by atoms with van der Waals surface area (Å²) in [5, 5.41) is 7.08. The van der Waals surface area contributed by atoms with Crippen LogP contribution in [0.15, 0.2) is 4.99 Å². The molecule has 0 aromatic heterocycles. The summed E-state index contributed by atoms with van der Waals surface area (Å²) in [4.78, 5) is 6.80. The second kappa shape index (κ2) is 8.50. The van der Waals surface area contributed by atoms with Gasteiger partial charge in [-0.25, -0.2) is 0 Å². The lowest BCUT2D eigenvalue weighted by molar-refractivity contribution is 0.213. The Morgan fingerprint density at radius 2 is 1.80 bits per heavy atom. The number of nitrogens with zero attached hydrogens (tertiary/aromatic N) is 2. The fourth-order valence-corrected chi connectivity index (χ4v) is 3.38. The molecule has 0 unspecified atom stereocenters. The van der Waals surface area contributed by atoms with Crippen molar-refractivity contribution in [3.63, 3.8) is 0 Å². The molecule has 4 heteroatoms. The fraction of sp³-hybridized carbons (Fsp3) is 0.938. The van der Waals surface area contributed by atoms with Gasteiger partial charge in [-0.05, 0) is 58.2 Å². The maximum atomic E-state index is 4.36. The molecule has 0 aromatic rings. The molecule has 0 radical (unpaired) electrons. The SMILES string of the molecule is CN=C(NCCC1CCN(C)CC1)NC1CCCCC1. The Morgan fingerprint density at radius 1 is 1.10 bits per heavy atom. The van der Waals surface area contributed by atoms with Crippen LogP contribution in [-0.4, -0.2) is 50.6 Å². The summed E-state index contributed by atoms with van der Waals surface area (Å²) >= 11 is 0. The van der Waals surface area contributed by atoms with Gasteiger partial charge in [-0.2, -0.15) is 0 Å². The normalized spacial score (nSPS) is 23.8. The van der Waals surface area contributed by atoms with Gasteiger partial charge in [0.15, 0.2) is 5.96 Å². The minimum atomic E-state index is 0.637. The number of nitrogens with one attached hydrogen (secondary N) is 2. The molecule has 0 aromatic carbocycles. The van der Waals surface area contributed by atoms with Gasteiger partial charge < -0.3 is 15.5 Å². The highest BCUT2D eigenvalue weighted by molar-refractivity contribution is 5.79. The standard InChI is InChI=1S/C16H32N4/c1-17-16(19-15-6-4-3-5-7-15)18-11-8-14-9-12-20(2)13-10-14/h14-15H,3-13H2,1-2H3,(H2,17,18,19). The molecule has 2 rings (SSSR count). The highest BCUT2D eigenvalue weighted by atomic mass is 15.2. The molecule has 1 aliphatic heterocycles. The van der Waals surface area contributed by atoms with Crippen LogP contribution >= 0.6 is 0 Å². The first-order valence-corrected chi connectivity index (χ1v) is 8.43. The van der Waals surface area contributed by atoms with Gasteiger partial charge in [-0.15, -0.1) is 0 Å². The molecule has 2 N–H and O–H groups in total. The minimum absolute atomic E-state index is 0.637. The molecule has 1 saturated carbocycles. The Labute approximate surface area is 124 Å². The summed E-state index contributed by atoms with van der Waals surface area (Å²) < 4.78 is 0. The lowest BCUT2D eigenvalue weighted by Gasteiger charge is -2.29. The van der Waals surface area contributed by atoms with E-state index >= 15 is 0 Å². The molecule has 4 nitrogen and oxygen atoms in total. The van der Waals surface area contributed by atoms with Gasteiger partial charge in [-0.1, -0.05) is 19.3 Å². The monoisotopic (exact) mass is 280 g/mol. The lowest BCUT2D eigenvalue weighted by Crippen LogP contribution is -2.44. The third-order valence-corrected chi connectivity index (χ3v) is 4.85. The number of guanidine groups is 1. The number of hydrogen-bond donors (Lipinski definition) is 2. The van der Waals surface area contributed by atoms with Crippen molar-refractivity contribution in [2.24, 2.45) is 10.9 Å². The number of piperidine rings is 1. The van der Waals surface area contributed by atoms with E-state index in [4.69, 9.17) is 0 Å². The van der Waals surface area contributed by atoms with Crippen LogP contribution in [0.1, 0.15) is 51.4 Å². The summed E-state index contributed by atoms with van der Waals surface area (Å²) in [6, 6.07) is 0.637. The number of aliphatic imine (C=N–C) groups is 1. The minimum Gasteiger partial charge on any atom is -0.356 e. The van der Waals surface area contributed by atoms with Crippen LogP contribution < -0.4 is 10.6 Å². The second-order valence-corrected chi connectivity index (χ2v) is 6.51. The topological polar surface area (TPSA) is 39.7 Å². The van der Waals surface area contributed by atoms with Crippen LogP contribution in [0.25, 0.3) is 0 Å². The van der Waals surface area contributed by atoms with Gasteiger partial charge in [-0.3, -0.25) is 4.99 Å². The van der Waals surface area contributed by atoms with Crippen molar-refractivity contribution in [3.05, 3.63) is 0 Å². The summed E-state index contributed by atoms with van der Waals surface area (Å²) in [5.41, 5.74) is 0. The zero-order chi connectivity index (χ0) is 14.2. The molecule has 0 bridgehead atoms. The first kappa shape index (κ1) is 15.6. The molecule has 1 aliphatic carbocycles. The van der Waals surface area contributed by atoms with E-state index in [-0.39, 0.29) is 0 Å². The van der Waals surface area contributed by atoms with Crippen molar-refractivity contribution in [2.45, 2.75) is 57.4 Å². The average Bonchev–Trinajstić information content (AvgIpc) is 2.49. The summed E-state index contributed by atoms with van der Waals surface area (Å²) in [7, 11) is 4.11. The Morgan fingerprint density at radius 3 is 2.45 bits per heavy atom. The van der Waals surface area contributed by atoms with Crippen molar-refractivity contribution in [1.82, 2.24) is 15.5 Å². The Balaban J connectivity index is 1.61. The van der Waals surface area contributed by atoms with E-state index in [1.54, 1.807) is 0 Å². The number of rotatable bonds is 4. The molecule has 20 heavy (non-hydrogen) atoms. The zero-order valence-corrected chi connectivity index (χ0v) is 13.3. The molecule has 2 aliphatic rings.